The van der Waals surface area contributed by atoms with Crippen LogP contribution in [0.3, 0.4) is 0 Å². The summed E-state index contributed by atoms with van der Waals surface area (Å²) >= 11 is 0. The van der Waals surface area contributed by atoms with Gasteiger partial charge < -0.3 is 0 Å². The molecule has 0 aliphatic rings. The highest BCUT2D eigenvalue weighted by molar-refractivity contribution is 5.76. The highest BCUT2D eigenvalue weighted by atomic mass is 15.3. The molecule has 2 nitrogen and oxygen atoms in total. The maximum atomic E-state index is 4.38. The van der Waals surface area contributed by atoms with E-state index in [4.69, 9.17) is 0 Å². The summed E-state index contributed by atoms with van der Waals surface area (Å²) in [6, 6.07) is 1.98. The van der Waals surface area contributed by atoms with E-state index in [2.05, 4.69) is 18.3 Å². The molecule has 0 saturated carbocycles. The van der Waals surface area contributed by atoms with Crippen LogP contribution in [0.1, 0.15) is 19.5 Å². The van der Waals surface area contributed by atoms with Crippen molar-refractivity contribution in [3.63, 3.8) is 0 Å². The van der Waals surface area contributed by atoms with Gasteiger partial charge in [0.05, 0.1) is 17.6 Å². The van der Waals surface area contributed by atoms with Crippen molar-refractivity contribution in [2.75, 3.05) is 0 Å². The second kappa shape index (κ2) is 7.88. The van der Waals surface area contributed by atoms with Crippen LogP contribution in [0.15, 0.2) is 74.0 Å². The lowest BCUT2D eigenvalue weighted by atomic mass is 10.1. The van der Waals surface area contributed by atoms with Crippen molar-refractivity contribution in [2.45, 2.75) is 13.8 Å². The second-order valence-electron chi connectivity index (χ2n) is 3.81. The Kier molecular flexibility index (Phi) is 6.10. The van der Waals surface area contributed by atoms with Gasteiger partial charge in [-0.25, -0.2) is 4.68 Å². The van der Waals surface area contributed by atoms with E-state index in [9.17, 15) is 0 Å². The molecule has 1 aromatic rings. The molecule has 0 fully saturated rings. The molecule has 0 bridgehead atoms. The first kappa shape index (κ1) is 14.7. The van der Waals surface area contributed by atoms with Gasteiger partial charge in [0, 0.05) is 0 Å². The SMILES string of the molecule is C=C/C=C(\C=C/C)c1ccnn1C(/C=C\C)=C/C=C. The van der Waals surface area contributed by atoms with Crippen LogP contribution in [0.25, 0.3) is 11.3 Å². The fraction of sp³-hybridized carbons (Fsp3) is 0.118. The smallest absolute Gasteiger partial charge is 0.0740 e. The Morgan fingerprint density at radius 3 is 2.37 bits per heavy atom. The maximum absolute atomic E-state index is 4.38. The molecular weight excluding hydrogens is 232 g/mol. The van der Waals surface area contributed by atoms with Gasteiger partial charge in [-0.2, -0.15) is 5.10 Å². The average Bonchev–Trinajstić information content (AvgIpc) is 2.87. The van der Waals surface area contributed by atoms with Crippen LogP contribution >= 0.6 is 0 Å². The first-order chi connectivity index (χ1) is 9.28. The molecule has 98 valence electrons. The van der Waals surface area contributed by atoms with Crippen molar-refractivity contribution in [1.82, 2.24) is 9.78 Å². The molecule has 1 heterocycles. The van der Waals surface area contributed by atoms with Crippen LogP contribution in [0, 0.1) is 0 Å². The standard InChI is InChI=1S/C17H20N2/c1-5-9-15(10-6-2)17-13-14-18-19(17)16(11-7-3)12-8-4/h5-14H,1,3H2,2,4H3/b10-6-,12-8-,15-9+,16-11+. The Bertz CT molecular complexity index is 503. The summed E-state index contributed by atoms with van der Waals surface area (Å²) < 4.78 is 1.89. The van der Waals surface area contributed by atoms with Crippen molar-refractivity contribution in [3.8, 4) is 0 Å². The van der Waals surface area contributed by atoms with E-state index in [1.165, 1.54) is 0 Å². The van der Waals surface area contributed by atoms with Gasteiger partial charge in [-0.05, 0) is 37.6 Å². The summed E-state index contributed by atoms with van der Waals surface area (Å²) in [7, 11) is 0. The zero-order chi connectivity index (χ0) is 14.1. The van der Waals surface area contributed by atoms with Crippen molar-refractivity contribution >= 4 is 11.3 Å². The summed E-state index contributed by atoms with van der Waals surface area (Å²) in [5.74, 6) is 0. The quantitative estimate of drug-likeness (QED) is 0.675. The van der Waals surface area contributed by atoms with Crippen LogP contribution in [-0.4, -0.2) is 9.78 Å². The predicted molar refractivity (Wildman–Crippen MR) is 84.5 cm³/mol. The largest absolute Gasteiger partial charge is 0.233 e. The summed E-state index contributed by atoms with van der Waals surface area (Å²) in [5, 5.41) is 4.38. The minimum atomic E-state index is 0.969. The Morgan fingerprint density at radius 1 is 1.11 bits per heavy atom. The Balaban J connectivity index is 3.36. The van der Waals surface area contributed by atoms with E-state index in [1.807, 2.05) is 61.1 Å². The van der Waals surface area contributed by atoms with Gasteiger partial charge in [-0.15, -0.1) is 0 Å². The van der Waals surface area contributed by atoms with Gasteiger partial charge in [0.15, 0.2) is 0 Å². The van der Waals surface area contributed by atoms with E-state index in [1.54, 1.807) is 18.3 Å². The van der Waals surface area contributed by atoms with Crippen LogP contribution < -0.4 is 0 Å². The molecule has 19 heavy (non-hydrogen) atoms. The van der Waals surface area contributed by atoms with E-state index in [0.29, 0.717) is 0 Å². The first-order valence-electron chi connectivity index (χ1n) is 6.24. The highest BCUT2D eigenvalue weighted by Gasteiger charge is 2.07. The third-order valence-electron chi connectivity index (χ3n) is 2.45. The van der Waals surface area contributed by atoms with Gasteiger partial charge in [0.1, 0.15) is 0 Å². The molecule has 1 aromatic heterocycles. The number of allylic oxidation sites excluding steroid dienone is 10. The van der Waals surface area contributed by atoms with Gasteiger partial charge in [-0.1, -0.05) is 49.6 Å². The lowest BCUT2D eigenvalue weighted by molar-refractivity contribution is 0.896. The molecule has 0 aromatic carbocycles. The molecular formula is C17H20N2. The van der Waals surface area contributed by atoms with Gasteiger partial charge in [-0.3, -0.25) is 0 Å². The van der Waals surface area contributed by atoms with E-state index >= 15 is 0 Å². The van der Waals surface area contributed by atoms with Crippen molar-refractivity contribution < 1.29 is 0 Å². The van der Waals surface area contributed by atoms with E-state index < -0.39 is 0 Å². The summed E-state index contributed by atoms with van der Waals surface area (Å²) in [6.45, 7) is 11.5. The normalized spacial score (nSPS) is 13.4. The van der Waals surface area contributed by atoms with Crippen LogP contribution in [0.5, 0.6) is 0 Å². The molecule has 0 amide bonds. The Labute approximate surface area is 115 Å². The Hall–Kier alpha value is -2.35. The summed E-state index contributed by atoms with van der Waals surface area (Å²) in [5.41, 5.74) is 3.05. The maximum Gasteiger partial charge on any atom is 0.0740 e. The third kappa shape index (κ3) is 3.81. The van der Waals surface area contributed by atoms with E-state index in [-0.39, 0.29) is 0 Å². The molecule has 0 aliphatic carbocycles. The highest BCUT2D eigenvalue weighted by Crippen LogP contribution is 2.20. The molecule has 0 unspecified atom stereocenters. The fourth-order valence-electron chi connectivity index (χ4n) is 1.75. The number of nitrogens with zero attached hydrogens (tertiary/aromatic N) is 2. The van der Waals surface area contributed by atoms with Crippen molar-refractivity contribution in [2.24, 2.45) is 0 Å². The molecule has 0 N–H and O–H groups in total. The Morgan fingerprint density at radius 2 is 1.79 bits per heavy atom. The molecule has 2 heteroatoms. The summed E-state index contributed by atoms with van der Waals surface area (Å²) in [6.07, 6.45) is 17.2. The lowest BCUT2D eigenvalue weighted by Gasteiger charge is -2.08. The fourth-order valence-corrected chi connectivity index (χ4v) is 1.75. The molecule has 0 aliphatic heterocycles. The predicted octanol–water partition coefficient (Wildman–Crippen LogP) is 4.63. The third-order valence-corrected chi connectivity index (χ3v) is 2.45. The molecule has 0 saturated heterocycles. The summed E-state index contributed by atoms with van der Waals surface area (Å²) in [4.78, 5) is 0. The second-order valence-corrected chi connectivity index (χ2v) is 3.81. The topological polar surface area (TPSA) is 17.8 Å². The number of hydrogen-bond donors (Lipinski definition) is 0. The first-order valence-corrected chi connectivity index (χ1v) is 6.24. The molecule has 1 rings (SSSR count). The zero-order valence-corrected chi connectivity index (χ0v) is 11.6. The molecule has 0 radical (unpaired) electrons. The monoisotopic (exact) mass is 252 g/mol. The van der Waals surface area contributed by atoms with E-state index in [0.717, 1.165) is 17.0 Å². The zero-order valence-electron chi connectivity index (χ0n) is 11.6. The van der Waals surface area contributed by atoms with Crippen LogP contribution in [0.2, 0.25) is 0 Å². The lowest BCUT2D eigenvalue weighted by Crippen LogP contribution is -2.01. The molecule has 0 atom stereocenters. The average molecular weight is 252 g/mol. The molecule has 0 spiro atoms. The number of rotatable bonds is 6. The van der Waals surface area contributed by atoms with Gasteiger partial charge in [0.2, 0.25) is 0 Å². The van der Waals surface area contributed by atoms with Crippen molar-refractivity contribution in [1.29, 1.82) is 0 Å². The number of hydrogen-bond acceptors (Lipinski definition) is 1. The minimum Gasteiger partial charge on any atom is -0.233 e. The van der Waals surface area contributed by atoms with Crippen LogP contribution in [-0.2, 0) is 0 Å². The van der Waals surface area contributed by atoms with Crippen LogP contribution in [0.4, 0.5) is 0 Å². The number of aromatic nitrogens is 2. The van der Waals surface area contributed by atoms with Gasteiger partial charge in [0.25, 0.3) is 0 Å². The minimum absolute atomic E-state index is 0.969. The van der Waals surface area contributed by atoms with Crippen molar-refractivity contribution in [3.05, 3.63) is 79.7 Å². The van der Waals surface area contributed by atoms with Gasteiger partial charge >= 0.3 is 0 Å².